The number of amides is 1. The third kappa shape index (κ3) is 4.30. The molecule has 1 amide bonds. The summed E-state index contributed by atoms with van der Waals surface area (Å²) in [7, 11) is 3.33. The number of aryl methyl sites for hydroxylation is 3. The summed E-state index contributed by atoms with van der Waals surface area (Å²) >= 11 is 0. The van der Waals surface area contributed by atoms with Crippen LogP contribution in [0.2, 0.25) is 0 Å². The third-order valence-corrected chi connectivity index (χ3v) is 6.64. The van der Waals surface area contributed by atoms with Gasteiger partial charge in [-0.3, -0.25) is 4.79 Å². The highest BCUT2D eigenvalue weighted by atomic mass is 16.5. The Morgan fingerprint density at radius 1 is 0.970 bits per heavy atom. The van der Waals surface area contributed by atoms with E-state index in [1.54, 1.807) is 20.3 Å². The Balaban J connectivity index is 1.52. The molecule has 2 heterocycles. The number of carbonyl (C=O) groups excluding carboxylic acids is 1. The predicted molar refractivity (Wildman–Crippen MR) is 132 cm³/mol. The lowest BCUT2D eigenvalue weighted by molar-refractivity contribution is -0.126. The molecule has 0 radical (unpaired) electrons. The second-order valence-electron chi connectivity index (χ2n) is 8.58. The third-order valence-electron chi connectivity index (χ3n) is 6.64. The fourth-order valence-electron chi connectivity index (χ4n) is 4.50. The molecule has 1 fully saturated rings. The van der Waals surface area contributed by atoms with E-state index in [1.807, 2.05) is 37.8 Å². The Bertz CT molecular complexity index is 1200. The second-order valence-corrected chi connectivity index (χ2v) is 8.58. The summed E-state index contributed by atoms with van der Waals surface area (Å²) in [6.07, 6.45) is 1.73. The van der Waals surface area contributed by atoms with Gasteiger partial charge in [-0.2, -0.15) is 0 Å². The number of furan rings is 1. The van der Waals surface area contributed by atoms with Crippen molar-refractivity contribution in [1.29, 1.82) is 0 Å². The van der Waals surface area contributed by atoms with Crippen molar-refractivity contribution in [2.75, 3.05) is 45.3 Å². The predicted octanol–water partition coefficient (Wildman–Crippen LogP) is 5.13. The van der Waals surface area contributed by atoms with E-state index in [4.69, 9.17) is 13.9 Å². The lowest BCUT2D eigenvalue weighted by atomic mass is 9.98. The van der Waals surface area contributed by atoms with E-state index in [0.717, 1.165) is 69.3 Å². The molecule has 0 saturated carbocycles. The van der Waals surface area contributed by atoms with E-state index >= 15 is 0 Å². The van der Waals surface area contributed by atoms with Gasteiger partial charge in [0, 0.05) is 54.5 Å². The van der Waals surface area contributed by atoms with Gasteiger partial charge in [0.2, 0.25) is 5.91 Å². The first kappa shape index (κ1) is 22.8. The average Bonchev–Trinajstić information content (AvgIpc) is 3.13. The van der Waals surface area contributed by atoms with Gasteiger partial charge in [0.25, 0.3) is 0 Å². The Kier molecular flexibility index (Phi) is 6.36. The molecule has 1 aromatic heterocycles. The van der Waals surface area contributed by atoms with Crippen LogP contribution in [0.3, 0.4) is 0 Å². The SMILES string of the molecule is COc1ccc(N2CCN(C(=O)/C=C(\C)c3cc4c(C)c(C)oc4c(C)c3OC)CC2)cc1. The molecule has 3 aromatic rings. The summed E-state index contributed by atoms with van der Waals surface area (Å²) in [5, 5.41) is 1.06. The zero-order valence-electron chi connectivity index (χ0n) is 20.3. The van der Waals surface area contributed by atoms with Gasteiger partial charge in [-0.15, -0.1) is 0 Å². The molecular formula is C27H32N2O4. The van der Waals surface area contributed by atoms with E-state index in [9.17, 15) is 4.79 Å². The van der Waals surface area contributed by atoms with Crippen LogP contribution in [0.25, 0.3) is 16.5 Å². The monoisotopic (exact) mass is 448 g/mol. The number of ether oxygens (including phenoxy) is 2. The fraction of sp³-hybridized carbons (Fsp3) is 0.370. The summed E-state index contributed by atoms with van der Waals surface area (Å²) in [6.45, 7) is 11.0. The summed E-state index contributed by atoms with van der Waals surface area (Å²) in [4.78, 5) is 17.3. The van der Waals surface area contributed by atoms with Gasteiger partial charge in [-0.1, -0.05) is 0 Å². The van der Waals surface area contributed by atoms with Gasteiger partial charge in [-0.05, 0) is 69.2 Å². The Morgan fingerprint density at radius 2 is 1.64 bits per heavy atom. The van der Waals surface area contributed by atoms with Gasteiger partial charge in [0.15, 0.2) is 0 Å². The number of methoxy groups -OCH3 is 2. The highest BCUT2D eigenvalue weighted by molar-refractivity contribution is 5.98. The summed E-state index contributed by atoms with van der Waals surface area (Å²) in [6, 6.07) is 10.1. The number of fused-ring (bicyclic) bond motifs is 1. The van der Waals surface area contributed by atoms with E-state index in [0.29, 0.717) is 13.1 Å². The fourth-order valence-corrected chi connectivity index (χ4v) is 4.50. The number of hydrogen-bond acceptors (Lipinski definition) is 5. The van der Waals surface area contributed by atoms with Crippen molar-refractivity contribution in [3.05, 3.63) is 58.9 Å². The molecule has 0 aliphatic carbocycles. The van der Waals surface area contributed by atoms with Crippen LogP contribution in [0, 0.1) is 20.8 Å². The quantitative estimate of drug-likeness (QED) is 0.507. The average molecular weight is 449 g/mol. The van der Waals surface area contributed by atoms with Crippen molar-refractivity contribution in [3.63, 3.8) is 0 Å². The van der Waals surface area contributed by atoms with Crippen molar-refractivity contribution in [2.45, 2.75) is 27.7 Å². The summed E-state index contributed by atoms with van der Waals surface area (Å²) < 4.78 is 16.9. The topological polar surface area (TPSA) is 55.2 Å². The van der Waals surface area contributed by atoms with Crippen LogP contribution in [-0.2, 0) is 4.79 Å². The number of hydrogen-bond donors (Lipinski definition) is 0. The van der Waals surface area contributed by atoms with Crippen LogP contribution in [0.4, 0.5) is 5.69 Å². The largest absolute Gasteiger partial charge is 0.497 e. The molecule has 174 valence electrons. The van der Waals surface area contributed by atoms with Gasteiger partial charge < -0.3 is 23.7 Å². The Morgan fingerprint density at radius 3 is 2.24 bits per heavy atom. The standard InChI is InChI=1S/C27H32N2O4/c1-17(23-16-24-18(2)20(4)33-27(24)19(3)26(23)32-6)15-25(30)29-13-11-28(12-14-29)21-7-9-22(31-5)10-8-21/h7-10,15-16H,11-14H2,1-6H3/b17-15+. The molecular weight excluding hydrogens is 416 g/mol. The molecule has 4 rings (SSSR count). The number of nitrogens with zero attached hydrogens (tertiary/aromatic N) is 2. The van der Waals surface area contributed by atoms with Gasteiger partial charge in [0.1, 0.15) is 22.8 Å². The molecule has 1 aliphatic rings. The molecule has 33 heavy (non-hydrogen) atoms. The van der Waals surface area contributed by atoms with Crippen molar-refractivity contribution >= 4 is 28.1 Å². The maximum atomic E-state index is 13.1. The lowest BCUT2D eigenvalue weighted by Gasteiger charge is -2.35. The van der Waals surface area contributed by atoms with Crippen molar-refractivity contribution < 1.29 is 18.7 Å². The Hall–Kier alpha value is -3.41. The van der Waals surface area contributed by atoms with Crippen molar-refractivity contribution in [1.82, 2.24) is 4.90 Å². The minimum absolute atomic E-state index is 0.0294. The van der Waals surface area contributed by atoms with Crippen LogP contribution >= 0.6 is 0 Å². The van der Waals surface area contributed by atoms with E-state index < -0.39 is 0 Å². The number of piperazine rings is 1. The highest BCUT2D eigenvalue weighted by Gasteiger charge is 2.22. The molecule has 6 heteroatoms. The smallest absolute Gasteiger partial charge is 0.246 e. The molecule has 0 spiro atoms. The van der Waals surface area contributed by atoms with Gasteiger partial charge >= 0.3 is 0 Å². The summed E-state index contributed by atoms with van der Waals surface area (Å²) in [5.74, 6) is 2.53. The van der Waals surface area contributed by atoms with Crippen LogP contribution in [0.1, 0.15) is 29.4 Å². The molecule has 1 aliphatic heterocycles. The number of benzene rings is 2. The molecule has 0 bridgehead atoms. The molecule has 0 unspecified atom stereocenters. The number of rotatable bonds is 5. The first-order chi connectivity index (χ1) is 15.8. The molecule has 2 aromatic carbocycles. The zero-order valence-corrected chi connectivity index (χ0v) is 20.3. The van der Waals surface area contributed by atoms with Crippen molar-refractivity contribution in [2.24, 2.45) is 0 Å². The number of carbonyl (C=O) groups is 1. The van der Waals surface area contributed by atoms with E-state index in [2.05, 4.69) is 30.0 Å². The first-order valence-corrected chi connectivity index (χ1v) is 11.3. The first-order valence-electron chi connectivity index (χ1n) is 11.3. The van der Waals surface area contributed by atoms with Gasteiger partial charge in [0.05, 0.1) is 14.2 Å². The Labute approximate surface area is 195 Å². The van der Waals surface area contributed by atoms with Crippen molar-refractivity contribution in [3.8, 4) is 11.5 Å². The molecule has 1 saturated heterocycles. The van der Waals surface area contributed by atoms with Crippen LogP contribution in [0.15, 0.2) is 40.8 Å². The van der Waals surface area contributed by atoms with Crippen LogP contribution < -0.4 is 14.4 Å². The minimum atomic E-state index is 0.0294. The number of anilines is 1. The maximum Gasteiger partial charge on any atom is 0.246 e. The lowest BCUT2D eigenvalue weighted by Crippen LogP contribution is -2.48. The molecule has 0 N–H and O–H groups in total. The summed E-state index contributed by atoms with van der Waals surface area (Å²) in [5.41, 5.74) is 5.88. The minimum Gasteiger partial charge on any atom is -0.497 e. The van der Waals surface area contributed by atoms with E-state index in [1.165, 1.54) is 0 Å². The normalized spacial score (nSPS) is 14.7. The molecule has 0 atom stereocenters. The molecule has 6 nitrogen and oxygen atoms in total. The van der Waals surface area contributed by atoms with E-state index in [-0.39, 0.29) is 5.91 Å². The maximum absolute atomic E-state index is 13.1. The number of allylic oxidation sites excluding steroid dienone is 1. The van der Waals surface area contributed by atoms with Crippen LogP contribution in [-0.4, -0.2) is 51.2 Å². The highest BCUT2D eigenvalue weighted by Crippen LogP contribution is 2.38. The van der Waals surface area contributed by atoms with Gasteiger partial charge in [-0.25, -0.2) is 0 Å². The second kappa shape index (κ2) is 9.22. The zero-order chi connectivity index (χ0) is 23.7. The van der Waals surface area contributed by atoms with Crippen LogP contribution in [0.5, 0.6) is 11.5 Å².